The molecule has 11 heteroatoms. The van der Waals surface area contributed by atoms with Crippen molar-refractivity contribution in [2.75, 3.05) is 0 Å². The van der Waals surface area contributed by atoms with Gasteiger partial charge in [0.15, 0.2) is 0 Å². The average molecular weight is 342 g/mol. The van der Waals surface area contributed by atoms with Gasteiger partial charge < -0.3 is 47.9 Å². The van der Waals surface area contributed by atoms with Crippen LogP contribution in [0.1, 0.15) is 0 Å². The fourth-order valence-electron chi connectivity index (χ4n) is 0. The molecule has 9 nitrogen and oxygen atoms in total. The quantitative estimate of drug-likeness (QED) is 0.388. The second-order valence-corrected chi connectivity index (χ2v) is 0.289. The van der Waals surface area contributed by atoms with Crippen LogP contribution in [-0.4, -0.2) is 40.2 Å². The van der Waals surface area contributed by atoms with Crippen molar-refractivity contribution in [1.29, 1.82) is 0 Å². The molecule has 0 spiro atoms. The second-order valence-electron chi connectivity index (χ2n) is 0.289. The van der Waals surface area contributed by atoms with Crippen molar-refractivity contribution in [2.24, 2.45) is 0 Å². The van der Waals surface area contributed by atoms with E-state index in [1.807, 2.05) is 0 Å². The van der Waals surface area contributed by atoms with Gasteiger partial charge in [-0.1, -0.05) is 0 Å². The fraction of sp³-hybridized carbons (Fsp3) is 0. The molecule has 0 bridgehead atoms. The number of rotatable bonds is 0. The minimum Gasteiger partial charge on any atom is -0.907 e. The molecular weight excluding hydrogens is 330 g/mol. The summed E-state index contributed by atoms with van der Waals surface area (Å²) in [6.45, 7) is 0. The van der Waals surface area contributed by atoms with Gasteiger partial charge in [-0.05, 0) is 0 Å². The topological polar surface area (TPSA) is 258 Å². The molecule has 0 saturated carbocycles. The van der Waals surface area contributed by atoms with Crippen molar-refractivity contribution in [3.63, 3.8) is 0 Å². The minimum atomic E-state index is -2.92. The van der Waals surface area contributed by atoms with Crippen molar-refractivity contribution in [2.45, 2.75) is 0 Å². The number of hydrogen-bond donors (Lipinski definition) is 0. The molecule has 0 aromatic rings. The molecule has 0 unspecified atom stereocenters. The third-order valence-corrected chi connectivity index (χ3v) is 0. The Morgan fingerprint density at radius 2 is 0.545 bits per heavy atom. The Bertz CT molecular complexity index is 14.3. The van der Waals surface area contributed by atoms with Crippen LogP contribution in [0.2, 0.25) is 0 Å². The molecule has 0 aliphatic heterocycles. The molecule has 0 aliphatic carbocycles. The summed E-state index contributed by atoms with van der Waals surface area (Å²) in [7, 11) is -2.92. The van der Waals surface area contributed by atoms with Gasteiger partial charge in [0, 0.05) is 0 Å². The predicted molar refractivity (Wildman–Crippen MR) is 27.4 cm³/mol. The third kappa shape index (κ3) is 992. The van der Waals surface area contributed by atoms with E-state index in [9.17, 15) is 0 Å². The van der Waals surface area contributed by atoms with Gasteiger partial charge >= 0.3 is 36.9 Å². The standard InChI is InChI=1S/BO3.Lu.6H2O/c2-1(3)4;;;;;;;/h;;6*1H2/q-3;+3;;;;;;. The minimum absolute atomic E-state index is 0. The maximum Gasteiger partial charge on any atom is 3.00 e. The van der Waals surface area contributed by atoms with E-state index < -0.39 is 7.32 Å². The molecule has 0 fully saturated rings. The maximum absolute atomic E-state index is 8.42. The predicted octanol–water partition coefficient (Wildman–Crippen LogP) is -8.90. The van der Waals surface area contributed by atoms with Gasteiger partial charge in [-0.2, -0.15) is 0 Å². The van der Waals surface area contributed by atoms with Crippen LogP contribution in [0.15, 0.2) is 0 Å². The van der Waals surface area contributed by atoms with Crippen molar-refractivity contribution in [3.8, 4) is 0 Å². The van der Waals surface area contributed by atoms with Crippen molar-refractivity contribution >= 4 is 7.32 Å². The van der Waals surface area contributed by atoms with Gasteiger partial charge in [0.05, 0.1) is 0 Å². The van der Waals surface area contributed by atoms with Crippen LogP contribution < -0.4 is 15.1 Å². The van der Waals surface area contributed by atoms with E-state index in [1.54, 1.807) is 0 Å². The smallest absolute Gasteiger partial charge is 0.907 e. The van der Waals surface area contributed by atoms with Crippen molar-refractivity contribution < 1.29 is 84.8 Å². The normalized spacial score (nSPS) is 2.45. The summed E-state index contributed by atoms with van der Waals surface area (Å²) in [5, 5.41) is 25.2. The molecular formula is H12BLuO9. The summed E-state index contributed by atoms with van der Waals surface area (Å²) in [5.41, 5.74) is 0. The summed E-state index contributed by atoms with van der Waals surface area (Å²) in [4.78, 5) is 0. The van der Waals surface area contributed by atoms with E-state index in [4.69, 9.17) is 15.1 Å². The van der Waals surface area contributed by atoms with Gasteiger partial charge in [0.25, 0.3) is 0 Å². The zero-order valence-corrected chi connectivity index (χ0v) is 6.72. The van der Waals surface area contributed by atoms with E-state index in [1.165, 1.54) is 0 Å². The monoisotopic (exact) mass is 342 g/mol. The molecule has 0 aliphatic rings. The Kier molecular flexibility index (Phi) is 583. The van der Waals surface area contributed by atoms with Crippen LogP contribution in [0.3, 0.4) is 0 Å². The van der Waals surface area contributed by atoms with Crippen LogP contribution in [0.4, 0.5) is 0 Å². The van der Waals surface area contributed by atoms with E-state index in [0.29, 0.717) is 0 Å². The first-order chi connectivity index (χ1) is 1.73. The zero-order valence-electron chi connectivity index (χ0n) is 5.06. The summed E-state index contributed by atoms with van der Waals surface area (Å²) in [5.74, 6) is 0. The molecule has 0 atom stereocenters. The summed E-state index contributed by atoms with van der Waals surface area (Å²) in [6, 6.07) is 0. The molecule has 0 aromatic carbocycles. The Hall–Kier alpha value is 0.939. The SMILES string of the molecule is O.O.O.O.O.O.[Lu+3].[O-]B([O-])[O-]. The summed E-state index contributed by atoms with van der Waals surface area (Å²) >= 11 is 0. The summed E-state index contributed by atoms with van der Waals surface area (Å²) < 4.78 is 0. The van der Waals surface area contributed by atoms with Gasteiger partial charge in [-0.25, -0.2) is 0 Å². The van der Waals surface area contributed by atoms with Gasteiger partial charge in [0.2, 0.25) is 0 Å². The Balaban J connectivity index is -0.00000000214. The van der Waals surface area contributed by atoms with E-state index >= 15 is 0 Å². The molecule has 0 radical (unpaired) electrons. The molecule has 84 valence electrons. The first-order valence-electron chi connectivity index (χ1n) is 0.707. The first-order valence-corrected chi connectivity index (χ1v) is 0.707. The van der Waals surface area contributed by atoms with E-state index in [-0.39, 0.29) is 69.7 Å². The molecule has 11 heavy (non-hydrogen) atoms. The van der Waals surface area contributed by atoms with Crippen molar-refractivity contribution in [3.05, 3.63) is 0 Å². The molecule has 0 heterocycles. The Morgan fingerprint density at radius 3 is 0.545 bits per heavy atom. The third-order valence-electron chi connectivity index (χ3n) is 0. The van der Waals surface area contributed by atoms with Gasteiger partial charge in [-0.15, -0.1) is 0 Å². The molecule has 0 saturated heterocycles. The van der Waals surface area contributed by atoms with E-state index in [0.717, 1.165) is 0 Å². The van der Waals surface area contributed by atoms with Crippen LogP contribution in [0.25, 0.3) is 0 Å². The fourth-order valence-corrected chi connectivity index (χ4v) is 0. The maximum atomic E-state index is 8.42. The summed E-state index contributed by atoms with van der Waals surface area (Å²) in [6.07, 6.45) is 0. The molecule has 0 amide bonds. The molecule has 12 N–H and O–H groups in total. The van der Waals surface area contributed by atoms with E-state index in [2.05, 4.69) is 0 Å². The second kappa shape index (κ2) is 69.6. The number of hydrogen-bond acceptors (Lipinski definition) is 3. The van der Waals surface area contributed by atoms with Gasteiger partial charge in [0.1, 0.15) is 0 Å². The zero-order chi connectivity index (χ0) is 3.58. The van der Waals surface area contributed by atoms with Crippen molar-refractivity contribution in [1.82, 2.24) is 0 Å². The van der Waals surface area contributed by atoms with Crippen LogP contribution in [0, 0.1) is 36.9 Å². The Morgan fingerprint density at radius 1 is 0.545 bits per heavy atom. The molecule has 0 rings (SSSR count). The Labute approximate surface area is 91.9 Å². The van der Waals surface area contributed by atoms with Crippen LogP contribution in [0.5, 0.6) is 0 Å². The van der Waals surface area contributed by atoms with Crippen LogP contribution in [-0.2, 0) is 0 Å². The average Bonchev–Trinajstić information content (AvgIpc) is 0.811. The van der Waals surface area contributed by atoms with Crippen LogP contribution >= 0.6 is 0 Å². The van der Waals surface area contributed by atoms with Gasteiger partial charge in [-0.3, -0.25) is 7.32 Å². The molecule has 0 aromatic heterocycles. The first kappa shape index (κ1) is 92.1. The largest absolute Gasteiger partial charge is 3.00 e.